The highest BCUT2D eigenvalue weighted by Gasteiger charge is 2.17. The van der Waals surface area contributed by atoms with Crippen molar-refractivity contribution < 1.29 is 18.8 Å². The number of carbonyl (C=O) groups is 2. The van der Waals surface area contributed by atoms with Crippen LogP contribution in [0.15, 0.2) is 43.9 Å². The van der Waals surface area contributed by atoms with E-state index in [4.69, 9.17) is 9.26 Å². The molecular formula is C16H12Br2N4O4. The lowest BCUT2D eigenvalue weighted by molar-refractivity contribution is 0.0508. The summed E-state index contributed by atoms with van der Waals surface area (Å²) in [6.45, 7) is 1.90. The number of H-pyrrole nitrogens is 1. The molecule has 8 nitrogen and oxygen atoms in total. The summed E-state index contributed by atoms with van der Waals surface area (Å²) < 4.78 is 11.3. The van der Waals surface area contributed by atoms with Crippen molar-refractivity contribution >= 4 is 49.4 Å². The van der Waals surface area contributed by atoms with Gasteiger partial charge in [0.1, 0.15) is 5.69 Å². The van der Waals surface area contributed by atoms with Crippen LogP contribution in [0, 0.1) is 0 Å². The second kappa shape index (κ2) is 7.83. The summed E-state index contributed by atoms with van der Waals surface area (Å²) in [5.41, 5.74) is 1.47. The number of benzene rings is 1. The van der Waals surface area contributed by atoms with Crippen molar-refractivity contribution in [3.63, 3.8) is 0 Å². The molecule has 0 aliphatic carbocycles. The second-order valence-corrected chi connectivity index (χ2v) is 6.67. The Hall–Kier alpha value is -2.46. The number of nitrogens with zero attached hydrogens (tertiary/aromatic N) is 2. The molecule has 0 atom stereocenters. The zero-order chi connectivity index (χ0) is 18.7. The van der Waals surface area contributed by atoms with Gasteiger partial charge in [-0.05, 0) is 68.2 Å². The normalized spacial score (nSPS) is 10.6. The van der Waals surface area contributed by atoms with Gasteiger partial charge in [0.15, 0.2) is 0 Å². The highest BCUT2D eigenvalue weighted by atomic mass is 79.9. The summed E-state index contributed by atoms with van der Waals surface area (Å²) in [5, 5.41) is 6.36. The summed E-state index contributed by atoms with van der Waals surface area (Å²) in [7, 11) is 0. The van der Waals surface area contributed by atoms with Gasteiger partial charge < -0.3 is 19.6 Å². The molecule has 26 heavy (non-hydrogen) atoms. The van der Waals surface area contributed by atoms with E-state index in [-0.39, 0.29) is 24.2 Å². The van der Waals surface area contributed by atoms with Gasteiger partial charge in [0.2, 0.25) is 0 Å². The highest BCUT2D eigenvalue weighted by molar-refractivity contribution is 9.13. The maximum absolute atomic E-state index is 12.3. The van der Waals surface area contributed by atoms with Gasteiger partial charge >= 0.3 is 5.97 Å². The number of hydrogen-bond donors (Lipinski definition) is 2. The van der Waals surface area contributed by atoms with E-state index in [1.165, 1.54) is 0 Å². The molecule has 0 aliphatic heterocycles. The predicted octanol–water partition coefficient (Wildman–Crippen LogP) is 4.02. The lowest BCUT2D eigenvalue weighted by atomic mass is 10.2. The molecule has 2 heterocycles. The Morgan fingerprint density at radius 1 is 1.31 bits per heavy atom. The number of nitrogens with one attached hydrogen (secondary N) is 2. The van der Waals surface area contributed by atoms with E-state index in [1.54, 1.807) is 37.3 Å². The minimum absolute atomic E-state index is 0.148. The van der Waals surface area contributed by atoms with Gasteiger partial charge in [-0.1, -0.05) is 6.07 Å². The molecular weight excluding hydrogens is 472 g/mol. The van der Waals surface area contributed by atoms with Crippen LogP contribution in [0.4, 0.5) is 5.69 Å². The van der Waals surface area contributed by atoms with Crippen LogP contribution in [0.25, 0.3) is 11.5 Å². The molecule has 3 aromatic rings. The average molecular weight is 484 g/mol. The first-order valence-electron chi connectivity index (χ1n) is 7.44. The van der Waals surface area contributed by atoms with Crippen LogP contribution in [0.5, 0.6) is 0 Å². The van der Waals surface area contributed by atoms with Gasteiger partial charge in [0.05, 0.1) is 15.7 Å². The standard InChI is InChI=1S/C16H12Br2N4O4/c1-2-25-16(24)13-21-15(26-22-13)8-4-3-5-9(6-8)19-14(23)11-7-10(17)12(18)20-11/h3-7,20H,2H2,1H3,(H,19,23). The van der Waals surface area contributed by atoms with Gasteiger partial charge in [-0.3, -0.25) is 4.79 Å². The molecule has 3 rings (SSSR count). The number of rotatable bonds is 5. The summed E-state index contributed by atoms with van der Waals surface area (Å²) in [6, 6.07) is 8.48. The third-order valence-electron chi connectivity index (χ3n) is 3.22. The van der Waals surface area contributed by atoms with E-state index in [0.717, 1.165) is 4.47 Å². The van der Waals surface area contributed by atoms with E-state index < -0.39 is 5.97 Å². The van der Waals surface area contributed by atoms with Crippen LogP contribution in [-0.2, 0) is 4.74 Å². The van der Waals surface area contributed by atoms with Crippen LogP contribution in [0.2, 0.25) is 0 Å². The first-order chi connectivity index (χ1) is 12.5. The topological polar surface area (TPSA) is 110 Å². The highest BCUT2D eigenvalue weighted by Crippen LogP contribution is 2.25. The Kier molecular flexibility index (Phi) is 5.52. The van der Waals surface area contributed by atoms with Crippen molar-refractivity contribution in [2.24, 2.45) is 0 Å². The van der Waals surface area contributed by atoms with Crippen molar-refractivity contribution in [1.82, 2.24) is 15.1 Å². The van der Waals surface area contributed by atoms with Crippen LogP contribution in [0.1, 0.15) is 28.0 Å². The summed E-state index contributed by atoms with van der Waals surface area (Å²) in [6.07, 6.45) is 0. The minimum atomic E-state index is -0.658. The molecule has 0 spiro atoms. The quantitative estimate of drug-likeness (QED) is 0.530. The molecule has 134 valence electrons. The first-order valence-corrected chi connectivity index (χ1v) is 9.03. The Morgan fingerprint density at radius 2 is 2.12 bits per heavy atom. The number of esters is 1. The second-order valence-electron chi connectivity index (χ2n) is 5.02. The molecule has 0 bridgehead atoms. The van der Waals surface area contributed by atoms with E-state index in [1.807, 2.05) is 0 Å². The number of hydrogen-bond acceptors (Lipinski definition) is 6. The van der Waals surface area contributed by atoms with E-state index in [0.29, 0.717) is 21.5 Å². The minimum Gasteiger partial charge on any atom is -0.460 e. The third kappa shape index (κ3) is 4.02. The molecule has 10 heteroatoms. The Labute approximate surface area is 164 Å². The molecule has 1 amide bonds. The van der Waals surface area contributed by atoms with Crippen molar-refractivity contribution in [3.8, 4) is 11.5 Å². The molecule has 0 unspecified atom stereocenters. The van der Waals surface area contributed by atoms with Crippen molar-refractivity contribution in [3.05, 3.63) is 50.9 Å². The fourth-order valence-corrected chi connectivity index (χ4v) is 2.73. The molecule has 1 aromatic carbocycles. The fourth-order valence-electron chi connectivity index (χ4n) is 2.07. The summed E-state index contributed by atoms with van der Waals surface area (Å²) >= 11 is 6.60. The summed E-state index contributed by atoms with van der Waals surface area (Å²) in [5.74, 6) is -0.979. The van der Waals surface area contributed by atoms with E-state index in [9.17, 15) is 9.59 Å². The predicted molar refractivity (Wildman–Crippen MR) is 99.8 cm³/mol. The van der Waals surface area contributed by atoms with Gasteiger partial charge in [-0.2, -0.15) is 4.98 Å². The van der Waals surface area contributed by atoms with Gasteiger partial charge in [-0.25, -0.2) is 4.79 Å². The zero-order valence-electron chi connectivity index (χ0n) is 13.4. The largest absolute Gasteiger partial charge is 0.460 e. The van der Waals surface area contributed by atoms with E-state index >= 15 is 0 Å². The average Bonchev–Trinajstić information content (AvgIpc) is 3.23. The Morgan fingerprint density at radius 3 is 2.81 bits per heavy atom. The number of ether oxygens (including phenoxy) is 1. The zero-order valence-corrected chi connectivity index (χ0v) is 16.5. The number of aromatic nitrogens is 3. The number of carbonyl (C=O) groups excluding carboxylic acids is 2. The molecule has 0 aliphatic rings. The Balaban J connectivity index is 1.78. The molecule has 0 radical (unpaired) electrons. The first kappa shape index (κ1) is 18.3. The molecule has 0 saturated heterocycles. The van der Waals surface area contributed by atoms with Gasteiger partial charge in [0.25, 0.3) is 17.6 Å². The number of amides is 1. The van der Waals surface area contributed by atoms with Crippen LogP contribution < -0.4 is 5.32 Å². The lowest BCUT2D eigenvalue weighted by Crippen LogP contribution is -2.12. The molecule has 0 saturated carbocycles. The van der Waals surface area contributed by atoms with Crippen LogP contribution >= 0.6 is 31.9 Å². The maximum atomic E-state index is 12.3. The van der Waals surface area contributed by atoms with Crippen LogP contribution in [0.3, 0.4) is 0 Å². The number of anilines is 1. The lowest BCUT2D eigenvalue weighted by Gasteiger charge is -2.04. The third-order valence-corrected chi connectivity index (χ3v) is 5.00. The SMILES string of the molecule is CCOC(=O)c1noc(-c2cccc(NC(=O)c3cc(Br)c(Br)[nH]3)c2)n1. The van der Waals surface area contributed by atoms with Crippen molar-refractivity contribution in [2.45, 2.75) is 6.92 Å². The molecule has 2 N–H and O–H groups in total. The monoisotopic (exact) mass is 482 g/mol. The van der Waals surface area contributed by atoms with Crippen LogP contribution in [-0.4, -0.2) is 33.6 Å². The maximum Gasteiger partial charge on any atom is 0.379 e. The number of aromatic amines is 1. The molecule has 0 fully saturated rings. The smallest absolute Gasteiger partial charge is 0.379 e. The fraction of sp³-hybridized carbons (Fsp3) is 0.125. The summed E-state index contributed by atoms with van der Waals surface area (Å²) in [4.78, 5) is 30.8. The van der Waals surface area contributed by atoms with E-state index in [2.05, 4.69) is 52.3 Å². The number of halogens is 2. The van der Waals surface area contributed by atoms with Crippen molar-refractivity contribution in [1.29, 1.82) is 0 Å². The Bertz CT molecular complexity index is 947. The van der Waals surface area contributed by atoms with Gasteiger partial charge in [0, 0.05) is 11.3 Å². The molecule has 2 aromatic heterocycles. The van der Waals surface area contributed by atoms with Crippen molar-refractivity contribution in [2.75, 3.05) is 11.9 Å². The van der Waals surface area contributed by atoms with Gasteiger partial charge in [-0.15, -0.1) is 0 Å².